The molecule has 214 valence electrons. The Morgan fingerprint density at radius 2 is 0.978 bits per heavy atom. The van der Waals surface area contributed by atoms with E-state index in [1.165, 1.54) is 17.7 Å². The Hall–Kier alpha value is -5.35. The van der Waals surface area contributed by atoms with Gasteiger partial charge in [0.05, 0.1) is 24.4 Å². The smallest absolute Gasteiger partial charge is 0.172 e. The number of nitrogens with zero attached hydrogens (tertiary/aromatic N) is 4. The number of hydrogen-bond donors (Lipinski definition) is 0. The van der Waals surface area contributed by atoms with Gasteiger partial charge in [0, 0.05) is 21.5 Å². The minimum atomic E-state index is -4.41. The maximum absolute atomic E-state index is 13.1. The molecule has 2 heterocycles. The zero-order chi connectivity index (χ0) is 31.0. The molecular weight excluding hydrogens is 610 g/mol. The third-order valence-electron chi connectivity index (χ3n) is 8.29. The minimum Gasteiger partial charge on any atom is -0.172 e. The molecule has 0 saturated carbocycles. The lowest BCUT2D eigenvalue weighted by Gasteiger charge is -2.08. The Bertz CT molecular complexity index is 2710. The molecule has 0 fully saturated rings. The molecule has 0 aliphatic carbocycles. The van der Waals surface area contributed by atoms with Crippen LogP contribution in [0.25, 0.3) is 73.4 Å². The predicted molar refractivity (Wildman–Crippen MR) is 175 cm³/mol. The summed E-state index contributed by atoms with van der Waals surface area (Å²) in [4.78, 5) is 8.50. The van der Waals surface area contributed by atoms with E-state index in [-0.39, 0.29) is 0 Å². The Balaban J connectivity index is 1.37. The van der Waals surface area contributed by atoms with Crippen molar-refractivity contribution in [2.24, 2.45) is 9.98 Å². The summed E-state index contributed by atoms with van der Waals surface area (Å²) in [6.07, 6.45) is -0.465. The quantitative estimate of drug-likeness (QED) is 0.179. The normalized spacial score (nSPS) is 13.1. The minimum absolute atomic E-state index is 0.553. The van der Waals surface area contributed by atoms with Crippen molar-refractivity contribution in [1.82, 2.24) is 0 Å². The first-order valence-electron chi connectivity index (χ1n) is 13.8. The molecule has 0 bridgehead atoms. The highest BCUT2D eigenvalue weighted by atomic mass is 32.1. The van der Waals surface area contributed by atoms with Crippen molar-refractivity contribution in [3.8, 4) is 34.6 Å². The number of fused-ring (bicyclic) bond motifs is 9. The van der Waals surface area contributed by atoms with Gasteiger partial charge in [-0.2, -0.15) is 33.7 Å². The van der Waals surface area contributed by atoms with Crippen LogP contribution in [0, 0.1) is 29.8 Å². The van der Waals surface area contributed by atoms with E-state index in [1.54, 1.807) is 22.7 Å². The average Bonchev–Trinajstić information content (AvgIpc) is 3.74. The summed E-state index contributed by atoms with van der Waals surface area (Å²) < 4.78 is 43.3. The molecular formula is C36H17F3N4S2. The van der Waals surface area contributed by atoms with E-state index in [0.29, 0.717) is 16.3 Å². The monoisotopic (exact) mass is 626 g/mol. The van der Waals surface area contributed by atoms with Gasteiger partial charge in [0.1, 0.15) is 10.7 Å². The summed E-state index contributed by atoms with van der Waals surface area (Å²) in [5.41, 5.74) is 3.97. The topological polar surface area (TPSA) is 72.3 Å². The van der Waals surface area contributed by atoms with Crippen LogP contribution < -0.4 is 10.7 Å². The second-order valence-corrected chi connectivity index (χ2v) is 12.9. The van der Waals surface area contributed by atoms with E-state index in [2.05, 4.69) is 59.4 Å². The number of aryl methyl sites for hydroxylation is 1. The molecule has 8 rings (SSSR count). The van der Waals surface area contributed by atoms with Crippen LogP contribution in [0.4, 0.5) is 13.2 Å². The molecule has 0 aliphatic rings. The molecule has 6 aromatic carbocycles. The number of halogens is 3. The van der Waals surface area contributed by atoms with Crippen LogP contribution >= 0.6 is 22.7 Å². The molecule has 0 aliphatic heterocycles. The van der Waals surface area contributed by atoms with Gasteiger partial charge in [0.2, 0.25) is 12.4 Å². The van der Waals surface area contributed by atoms with Gasteiger partial charge in [-0.3, -0.25) is 0 Å². The van der Waals surface area contributed by atoms with Crippen molar-refractivity contribution in [3.63, 3.8) is 0 Å². The van der Waals surface area contributed by atoms with Gasteiger partial charge in [0.25, 0.3) is 0 Å². The van der Waals surface area contributed by atoms with Crippen LogP contribution in [0.15, 0.2) is 94.9 Å². The largest absolute Gasteiger partial charge is 0.416 e. The Morgan fingerprint density at radius 3 is 1.40 bits per heavy atom. The summed E-state index contributed by atoms with van der Waals surface area (Å²) in [6.45, 7) is 2.05. The second-order valence-electron chi connectivity index (χ2n) is 10.9. The third kappa shape index (κ3) is 4.09. The van der Waals surface area contributed by atoms with Gasteiger partial charge in [0.15, 0.2) is 0 Å². The van der Waals surface area contributed by atoms with Gasteiger partial charge in [-0.1, -0.05) is 66.2 Å². The lowest BCUT2D eigenvalue weighted by atomic mass is 10.0. The third-order valence-corrected chi connectivity index (χ3v) is 10.9. The van der Waals surface area contributed by atoms with E-state index in [0.717, 1.165) is 79.9 Å². The van der Waals surface area contributed by atoms with E-state index in [4.69, 9.17) is 0 Å². The van der Waals surface area contributed by atoms with E-state index >= 15 is 0 Å². The molecule has 4 nitrogen and oxygen atoms in total. The molecule has 2 aromatic heterocycles. The Labute approximate surface area is 261 Å². The van der Waals surface area contributed by atoms with Crippen LogP contribution in [0.3, 0.4) is 0 Å². The summed E-state index contributed by atoms with van der Waals surface area (Å²) >= 11 is 3.14. The molecule has 9 heteroatoms. The molecule has 45 heavy (non-hydrogen) atoms. The van der Waals surface area contributed by atoms with Gasteiger partial charge in [-0.25, -0.2) is 0 Å². The molecule has 0 saturated heterocycles. The van der Waals surface area contributed by atoms with Crippen LogP contribution in [-0.4, -0.2) is 0 Å². The number of hydrogen-bond acceptors (Lipinski definition) is 6. The first kappa shape index (κ1) is 27.2. The summed E-state index contributed by atoms with van der Waals surface area (Å²) in [7, 11) is 0. The summed E-state index contributed by atoms with van der Waals surface area (Å²) in [6, 6.07) is 25.4. The first-order valence-corrected chi connectivity index (χ1v) is 15.5. The zero-order valence-corrected chi connectivity index (χ0v) is 25.0. The fourth-order valence-electron chi connectivity index (χ4n) is 6.20. The molecule has 0 atom stereocenters. The number of benzene rings is 4. The van der Waals surface area contributed by atoms with Crippen molar-refractivity contribution in [2.45, 2.75) is 13.1 Å². The van der Waals surface area contributed by atoms with Gasteiger partial charge >= 0.3 is 6.18 Å². The van der Waals surface area contributed by atoms with Crippen molar-refractivity contribution in [3.05, 3.63) is 107 Å². The van der Waals surface area contributed by atoms with Crippen molar-refractivity contribution in [1.29, 1.82) is 10.5 Å². The highest BCUT2D eigenvalue weighted by Gasteiger charge is 2.30. The van der Waals surface area contributed by atoms with Gasteiger partial charge < -0.3 is 0 Å². The molecule has 8 aromatic rings. The number of thiophene rings is 2. The van der Waals surface area contributed by atoms with E-state index in [9.17, 15) is 23.7 Å². The Morgan fingerprint density at radius 1 is 0.556 bits per heavy atom. The number of rotatable bonds is 2. The molecule has 0 radical (unpaired) electrons. The molecule has 0 unspecified atom stereocenters. The highest BCUT2D eigenvalue weighted by Crippen LogP contribution is 2.48. The number of nitriles is 2. The Kier molecular flexibility index (Phi) is 5.95. The standard InChI is InChI=1S/C36H17F3N4S2/c1-18-2-4-19(5-3-18)21-8-12-24-26(14-21)30(42-16-40)32-28(24)34-35(44-32)29-25-13-9-22(15-27(25)31(43-17-41)33(29)45-34)20-6-10-23(11-7-20)36(37,38)39/h2-15H,1H3. The fourth-order valence-corrected chi connectivity index (χ4v) is 9.13. The SMILES string of the molecule is Cc1ccc(-c2ccc3c(c2)c(=NC#N)c2sc4c(sc5c(=NC#N)c6cc(-c7ccc(C(F)(F)F)cc7)ccc6c54)c23)cc1. The van der Waals surface area contributed by atoms with E-state index < -0.39 is 11.7 Å². The summed E-state index contributed by atoms with van der Waals surface area (Å²) in [5.74, 6) is 0. The summed E-state index contributed by atoms with van der Waals surface area (Å²) in [5, 5.41) is 26.1. The van der Waals surface area contributed by atoms with Crippen molar-refractivity contribution in [2.75, 3.05) is 0 Å². The van der Waals surface area contributed by atoms with Crippen molar-refractivity contribution >= 4 is 73.8 Å². The first-order chi connectivity index (χ1) is 21.8. The second kappa shape index (κ2) is 9.83. The average molecular weight is 627 g/mol. The maximum atomic E-state index is 13.1. The van der Waals surface area contributed by atoms with Gasteiger partial charge in [-0.15, -0.1) is 22.7 Å². The van der Waals surface area contributed by atoms with Crippen molar-refractivity contribution < 1.29 is 13.2 Å². The number of alkyl halides is 3. The molecule has 0 N–H and O–H groups in total. The van der Waals surface area contributed by atoms with Crippen LogP contribution in [0.1, 0.15) is 11.1 Å². The lowest BCUT2D eigenvalue weighted by Crippen LogP contribution is -2.04. The zero-order valence-electron chi connectivity index (χ0n) is 23.3. The fraction of sp³-hybridized carbons (Fsp3) is 0.0556. The highest BCUT2D eigenvalue weighted by molar-refractivity contribution is 7.37. The predicted octanol–water partition coefficient (Wildman–Crippen LogP) is 9.88. The van der Waals surface area contributed by atoms with Crippen LogP contribution in [-0.2, 0) is 6.18 Å². The van der Waals surface area contributed by atoms with Crippen LogP contribution in [0.2, 0.25) is 0 Å². The lowest BCUT2D eigenvalue weighted by molar-refractivity contribution is -0.137. The van der Waals surface area contributed by atoms with Crippen LogP contribution in [0.5, 0.6) is 0 Å². The molecule has 0 spiro atoms. The molecule has 0 amide bonds. The maximum Gasteiger partial charge on any atom is 0.416 e. The van der Waals surface area contributed by atoms with E-state index in [1.807, 2.05) is 30.6 Å². The van der Waals surface area contributed by atoms with Gasteiger partial charge in [-0.05, 0) is 64.2 Å².